The standard InChI is InChI=1S/C17H17ClN2O3/c1-11-6-7-15(12(2)8-11)17(22)20-19-16(21)10-23-14-5-3-4-13(18)9-14/h3-9H,10H2,1-2H3,(H,19,21)(H,20,22). The van der Waals surface area contributed by atoms with Gasteiger partial charge in [-0.05, 0) is 43.7 Å². The second kappa shape index (κ2) is 7.65. The van der Waals surface area contributed by atoms with Gasteiger partial charge in [0.1, 0.15) is 5.75 Å². The van der Waals surface area contributed by atoms with Crippen LogP contribution < -0.4 is 15.6 Å². The Balaban J connectivity index is 1.83. The fourth-order valence-corrected chi connectivity index (χ4v) is 2.18. The number of ether oxygens (including phenoxy) is 1. The molecule has 2 N–H and O–H groups in total. The number of benzene rings is 2. The van der Waals surface area contributed by atoms with E-state index >= 15 is 0 Å². The second-order valence-electron chi connectivity index (χ2n) is 5.07. The SMILES string of the molecule is Cc1ccc(C(=O)NNC(=O)COc2cccc(Cl)c2)c(C)c1. The molecule has 0 radical (unpaired) electrons. The highest BCUT2D eigenvalue weighted by Crippen LogP contribution is 2.16. The molecule has 2 amide bonds. The fourth-order valence-electron chi connectivity index (χ4n) is 2.00. The molecule has 0 bridgehead atoms. The van der Waals surface area contributed by atoms with Crippen LogP contribution in [-0.4, -0.2) is 18.4 Å². The molecule has 6 heteroatoms. The number of halogens is 1. The predicted molar refractivity (Wildman–Crippen MR) is 88.5 cm³/mol. The van der Waals surface area contributed by atoms with Crippen molar-refractivity contribution in [2.24, 2.45) is 0 Å². The molecule has 0 saturated carbocycles. The average Bonchev–Trinajstić information content (AvgIpc) is 2.50. The number of amides is 2. The Bertz CT molecular complexity index is 732. The van der Waals surface area contributed by atoms with Crippen molar-refractivity contribution in [2.45, 2.75) is 13.8 Å². The number of hydrogen-bond acceptors (Lipinski definition) is 3. The van der Waals surface area contributed by atoms with Gasteiger partial charge in [-0.15, -0.1) is 0 Å². The van der Waals surface area contributed by atoms with E-state index < -0.39 is 5.91 Å². The van der Waals surface area contributed by atoms with E-state index in [1.807, 2.05) is 26.0 Å². The van der Waals surface area contributed by atoms with Crippen LogP contribution in [0.25, 0.3) is 0 Å². The van der Waals surface area contributed by atoms with Crippen LogP contribution in [0.4, 0.5) is 0 Å². The summed E-state index contributed by atoms with van der Waals surface area (Å²) in [6.07, 6.45) is 0. The van der Waals surface area contributed by atoms with E-state index in [1.165, 1.54) is 0 Å². The maximum absolute atomic E-state index is 12.0. The summed E-state index contributed by atoms with van der Waals surface area (Å²) in [5, 5.41) is 0.519. The van der Waals surface area contributed by atoms with Gasteiger partial charge in [-0.1, -0.05) is 35.4 Å². The molecule has 0 fully saturated rings. The van der Waals surface area contributed by atoms with E-state index in [4.69, 9.17) is 16.3 Å². The van der Waals surface area contributed by atoms with Gasteiger partial charge in [0.15, 0.2) is 6.61 Å². The molecule has 0 aromatic heterocycles. The first-order valence-corrected chi connectivity index (χ1v) is 7.38. The smallest absolute Gasteiger partial charge is 0.276 e. The van der Waals surface area contributed by atoms with Gasteiger partial charge >= 0.3 is 0 Å². The molecule has 0 unspecified atom stereocenters. The van der Waals surface area contributed by atoms with E-state index in [0.29, 0.717) is 16.3 Å². The van der Waals surface area contributed by atoms with E-state index in [1.54, 1.807) is 30.3 Å². The molecular weight excluding hydrogens is 316 g/mol. The minimum atomic E-state index is -0.469. The van der Waals surface area contributed by atoms with E-state index in [2.05, 4.69) is 10.9 Å². The molecule has 0 atom stereocenters. The average molecular weight is 333 g/mol. The lowest BCUT2D eigenvalue weighted by Crippen LogP contribution is -2.44. The molecule has 23 heavy (non-hydrogen) atoms. The van der Waals surface area contributed by atoms with Crippen LogP contribution in [-0.2, 0) is 4.79 Å². The lowest BCUT2D eigenvalue weighted by molar-refractivity contribution is -0.123. The number of carbonyl (C=O) groups excluding carboxylic acids is 2. The van der Waals surface area contributed by atoms with Crippen molar-refractivity contribution < 1.29 is 14.3 Å². The third kappa shape index (κ3) is 5.00. The zero-order chi connectivity index (χ0) is 16.8. The monoisotopic (exact) mass is 332 g/mol. The van der Waals surface area contributed by atoms with Crippen molar-refractivity contribution in [3.8, 4) is 5.75 Å². The summed E-state index contributed by atoms with van der Waals surface area (Å²) in [5.74, 6) is -0.366. The first kappa shape index (κ1) is 16.8. The minimum absolute atomic E-state index is 0.229. The zero-order valence-corrected chi connectivity index (χ0v) is 13.6. The number of hydrogen-bond donors (Lipinski definition) is 2. The molecule has 0 saturated heterocycles. The highest BCUT2D eigenvalue weighted by Gasteiger charge is 2.10. The van der Waals surface area contributed by atoms with Gasteiger partial charge in [0.05, 0.1) is 0 Å². The zero-order valence-electron chi connectivity index (χ0n) is 12.9. The Kier molecular flexibility index (Phi) is 5.60. The Morgan fingerprint density at radius 2 is 1.87 bits per heavy atom. The summed E-state index contributed by atoms with van der Waals surface area (Å²) in [6, 6.07) is 12.2. The van der Waals surface area contributed by atoms with Crippen LogP contribution in [0.5, 0.6) is 5.75 Å². The molecular formula is C17H17ClN2O3. The first-order chi connectivity index (χ1) is 11.0. The van der Waals surface area contributed by atoms with Crippen LogP contribution in [0.3, 0.4) is 0 Å². The summed E-state index contributed by atoms with van der Waals surface area (Å²) < 4.78 is 5.28. The highest BCUT2D eigenvalue weighted by molar-refractivity contribution is 6.30. The normalized spacial score (nSPS) is 10.0. The van der Waals surface area contributed by atoms with Crippen LogP contribution in [0.2, 0.25) is 5.02 Å². The van der Waals surface area contributed by atoms with Crippen molar-refractivity contribution in [1.29, 1.82) is 0 Å². The van der Waals surface area contributed by atoms with Crippen molar-refractivity contribution in [3.63, 3.8) is 0 Å². The number of nitrogens with one attached hydrogen (secondary N) is 2. The molecule has 2 rings (SSSR count). The number of carbonyl (C=O) groups is 2. The summed E-state index contributed by atoms with van der Waals surface area (Å²) in [4.78, 5) is 23.7. The number of rotatable bonds is 4. The Morgan fingerprint density at radius 1 is 1.09 bits per heavy atom. The van der Waals surface area contributed by atoms with Crippen molar-refractivity contribution >= 4 is 23.4 Å². The largest absolute Gasteiger partial charge is 0.484 e. The molecule has 0 aliphatic carbocycles. The molecule has 2 aromatic rings. The number of hydrazine groups is 1. The third-order valence-corrected chi connectivity index (χ3v) is 3.34. The van der Waals surface area contributed by atoms with Crippen LogP contribution in [0, 0.1) is 13.8 Å². The van der Waals surface area contributed by atoms with Gasteiger partial charge in [-0.25, -0.2) is 0 Å². The van der Waals surface area contributed by atoms with Gasteiger partial charge in [0.2, 0.25) is 0 Å². The van der Waals surface area contributed by atoms with Gasteiger partial charge in [-0.2, -0.15) is 0 Å². The molecule has 2 aromatic carbocycles. The Morgan fingerprint density at radius 3 is 2.57 bits per heavy atom. The number of aryl methyl sites for hydroxylation is 2. The maximum Gasteiger partial charge on any atom is 0.276 e. The Labute approximate surface area is 139 Å². The van der Waals surface area contributed by atoms with Gasteiger partial charge in [0.25, 0.3) is 11.8 Å². The lowest BCUT2D eigenvalue weighted by Gasteiger charge is -2.10. The molecule has 5 nitrogen and oxygen atoms in total. The molecule has 0 heterocycles. The van der Waals surface area contributed by atoms with E-state index in [9.17, 15) is 9.59 Å². The predicted octanol–water partition coefficient (Wildman–Crippen LogP) is 2.80. The van der Waals surface area contributed by atoms with E-state index in [-0.39, 0.29) is 12.5 Å². The van der Waals surface area contributed by atoms with Crippen LogP contribution in [0.15, 0.2) is 42.5 Å². The summed E-state index contributed by atoms with van der Waals surface area (Å²) in [5.41, 5.74) is 7.09. The summed E-state index contributed by atoms with van der Waals surface area (Å²) >= 11 is 5.82. The van der Waals surface area contributed by atoms with Gasteiger partial charge in [0, 0.05) is 10.6 Å². The molecule has 0 aliphatic heterocycles. The van der Waals surface area contributed by atoms with Crippen molar-refractivity contribution in [3.05, 3.63) is 64.2 Å². The summed E-state index contributed by atoms with van der Waals surface area (Å²) in [6.45, 7) is 3.56. The van der Waals surface area contributed by atoms with Gasteiger partial charge in [-0.3, -0.25) is 20.4 Å². The van der Waals surface area contributed by atoms with Crippen LogP contribution in [0.1, 0.15) is 21.5 Å². The van der Waals surface area contributed by atoms with Crippen LogP contribution >= 0.6 is 11.6 Å². The fraction of sp³-hybridized carbons (Fsp3) is 0.176. The molecule has 120 valence electrons. The van der Waals surface area contributed by atoms with Crippen molar-refractivity contribution in [2.75, 3.05) is 6.61 Å². The minimum Gasteiger partial charge on any atom is -0.484 e. The third-order valence-electron chi connectivity index (χ3n) is 3.11. The van der Waals surface area contributed by atoms with Crippen molar-refractivity contribution in [1.82, 2.24) is 10.9 Å². The molecule has 0 aliphatic rings. The Hall–Kier alpha value is -2.53. The first-order valence-electron chi connectivity index (χ1n) is 7.00. The van der Waals surface area contributed by atoms with Gasteiger partial charge < -0.3 is 4.74 Å². The molecule has 0 spiro atoms. The topological polar surface area (TPSA) is 67.4 Å². The quantitative estimate of drug-likeness (QED) is 0.846. The maximum atomic E-state index is 12.0. The second-order valence-corrected chi connectivity index (χ2v) is 5.50. The highest BCUT2D eigenvalue weighted by atomic mass is 35.5. The summed E-state index contributed by atoms with van der Waals surface area (Å²) in [7, 11) is 0. The van der Waals surface area contributed by atoms with E-state index in [0.717, 1.165) is 11.1 Å². The lowest BCUT2D eigenvalue weighted by atomic mass is 10.1.